The molecule has 7 heteroatoms. The van der Waals surface area contributed by atoms with Crippen molar-refractivity contribution in [3.63, 3.8) is 0 Å². The van der Waals surface area contributed by atoms with E-state index >= 15 is 0 Å². The van der Waals surface area contributed by atoms with Crippen LogP contribution < -0.4 is 0 Å². The van der Waals surface area contributed by atoms with Crippen LogP contribution >= 0.6 is 11.6 Å². The number of piperazine rings is 1. The van der Waals surface area contributed by atoms with E-state index in [0.29, 0.717) is 18.2 Å². The van der Waals surface area contributed by atoms with Crippen molar-refractivity contribution in [3.05, 3.63) is 16.7 Å². The molecular formula is C14H23ClN4O2. The third-order valence-corrected chi connectivity index (χ3v) is 4.26. The minimum Gasteiger partial charge on any atom is -0.480 e. The smallest absolute Gasteiger partial charge is 0.322 e. The van der Waals surface area contributed by atoms with Crippen molar-refractivity contribution >= 4 is 17.6 Å². The monoisotopic (exact) mass is 314 g/mol. The third kappa shape index (κ3) is 4.18. The van der Waals surface area contributed by atoms with Gasteiger partial charge in [-0.05, 0) is 13.5 Å². The number of hydrogen-bond donors (Lipinski definition) is 2. The summed E-state index contributed by atoms with van der Waals surface area (Å²) in [5.74, 6) is 0.141. The van der Waals surface area contributed by atoms with Crippen molar-refractivity contribution < 1.29 is 9.90 Å². The number of nitrogens with zero attached hydrogens (tertiary/aromatic N) is 3. The van der Waals surface area contributed by atoms with Crippen LogP contribution in [0.15, 0.2) is 0 Å². The number of carboxylic acid groups (broad SMARTS) is 1. The van der Waals surface area contributed by atoms with Crippen LogP contribution in [0.1, 0.15) is 31.3 Å². The van der Waals surface area contributed by atoms with Crippen LogP contribution in [-0.2, 0) is 17.8 Å². The average molecular weight is 315 g/mol. The number of aliphatic carboxylic acids is 1. The molecule has 0 aromatic carbocycles. The largest absolute Gasteiger partial charge is 0.480 e. The summed E-state index contributed by atoms with van der Waals surface area (Å²) >= 11 is 6.17. The van der Waals surface area contributed by atoms with Crippen LogP contribution in [0.3, 0.4) is 0 Å². The first-order valence-electron chi connectivity index (χ1n) is 7.40. The molecule has 118 valence electrons. The molecule has 0 radical (unpaired) electrons. The van der Waals surface area contributed by atoms with Gasteiger partial charge in [0.15, 0.2) is 5.15 Å². The number of rotatable bonds is 6. The van der Waals surface area contributed by atoms with E-state index in [4.69, 9.17) is 11.6 Å². The summed E-state index contributed by atoms with van der Waals surface area (Å²) in [6.07, 6.45) is 3.10. The molecule has 0 aliphatic carbocycles. The molecule has 2 N–H and O–H groups in total. The molecule has 0 unspecified atom stereocenters. The van der Waals surface area contributed by atoms with Crippen molar-refractivity contribution in [2.24, 2.45) is 0 Å². The summed E-state index contributed by atoms with van der Waals surface area (Å²) < 4.78 is 0. The molecule has 1 aromatic rings. The second-order valence-corrected chi connectivity index (χ2v) is 5.98. The number of unbranched alkanes of at least 4 members (excludes halogenated alkanes) is 1. The summed E-state index contributed by atoms with van der Waals surface area (Å²) in [7, 11) is 1.85. The zero-order chi connectivity index (χ0) is 15.4. The molecule has 1 saturated heterocycles. The SMILES string of the molecule is CCCCc1nc(Cl)c(CN2CCN(C)[C@@H](C(=O)O)C2)[nH]1. The molecule has 2 rings (SSSR count). The molecule has 2 heterocycles. The lowest BCUT2D eigenvalue weighted by molar-refractivity contribution is -0.145. The van der Waals surface area contributed by atoms with E-state index in [0.717, 1.165) is 43.9 Å². The molecule has 0 saturated carbocycles. The standard InChI is InChI=1S/C14H23ClN4O2/c1-3-4-5-12-16-10(13(15)17-12)8-19-7-6-18(2)11(9-19)14(20)21/h11H,3-9H2,1-2H3,(H,16,17)(H,20,21)/t11-/m1/s1. The number of aryl methyl sites for hydroxylation is 1. The topological polar surface area (TPSA) is 72.5 Å². The van der Waals surface area contributed by atoms with E-state index in [1.54, 1.807) is 0 Å². The first-order valence-corrected chi connectivity index (χ1v) is 7.77. The predicted octanol–water partition coefficient (Wildman–Crippen LogP) is 1.61. The fourth-order valence-electron chi connectivity index (χ4n) is 2.57. The summed E-state index contributed by atoms with van der Waals surface area (Å²) in [6.45, 7) is 4.84. The van der Waals surface area contributed by atoms with E-state index in [9.17, 15) is 9.90 Å². The van der Waals surface area contributed by atoms with Gasteiger partial charge in [-0.1, -0.05) is 24.9 Å². The zero-order valence-corrected chi connectivity index (χ0v) is 13.4. The van der Waals surface area contributed by atoms with Gasteiger partial charge in [-0.2, -0.15) is 0 Å². The van der Waals surface area contributed by atoms with Crippen molar-refractivity contribution in [3.8, 4) is 0 Å². The Morgan fingerprint density at radius 2 is 2.29 bits per heavy atom. The van der Waals surface area contributed by atoms with Gasteiger partial charge in [-0.25, -0.2) is 4.98 Å². The van der Waals surface area contributed by atoms with Gasteiger partial charge < -0.3 is 10.1 Å². The maximum atomic E-state index is 11.2. The van der Waals surface area contributed by atoms with Crippen LogP contribution in [0.4, 0.5) is 0 Å². The van der Waals surface area contributed by atoms with Gasteiger partial charge in [-0.3, -0.25) is 14.6 Å². The molecule has 6 nitrogen and oxygen atoms in total. The molecule has 1 aliphatic heterocycles. The van der Waals surface area contributed by atoms with E-state index in [-0.39, 0.29) is 0 Å². The molecule has 1 fully saturated rings. The Bertz CT molecular complexity index is 491. The Balaban J connectivity index is 1.98. The Hall–Kier alpha value is -1.11. The molecule has 21 heavy (non-hydrogen) atoms. The van der Waals surface area contributed by atoms with Crippen LogP contribution in [0.2, 0.25) is 5.15 Å². The lowest BCUT2D eigenvalue weighted by Gasteiger charge is -2.36. The number of hydrogen-bond acceptors (Lipinski definition) is 4. The van der Waals surface area contributed by atoms with Crippen molar-refractivity contribution in [2.75, 3.05) is 26.7 Å². The van der Waals surface area contributed by atoms with Gasteiger partial charge in [0, 0.05) is 32.6 Å². The normalized spacial score (nSPS) is 20.8. The highest BCUT2D eigenvalue weighted by molar-refractivity contribution is 6.30. The van der Waals surface area contributed by atoms with E-state index < -0.39 is 12.0 Å². The second kappa shape index (κ2) is 7.24. The molecule has 0 bridgehead atoms. The molecule has 1 atom stereocenters. The number of H-pyrrole nitrogens is 1. The molecule has 0 amide bonds. The first kappa shape index (κ1) is 16.3. The lowest BCUT2D eigenvalue weighted by Crippen LogP contribution is -2.54. The van der Waals surface area contributed by atoms with Crippen LogP contribution in [0, 0.1) is 0 Å². The fraction of sp³-hybridized carbons (Fsp3) is 0.714. The number of carboxylic acids is 1. The van der Waals surface area contributed by atoms with Crippen molar-refractivity contribution in [1.29, 1.82) is 0 Å². The fourth-order valence-corrected chi connectivity index (χ4v) is 2.78. The molecule has 1 aromatic heterocycles. The van der Waals surface area contributed by atoms with Crippen LogP contribution in [-0.4, -0.2) is 63.6 Å². The number of aromatic nitrogens is 2. The number of nitrogens with one attached hydrogen (secondary N) is 1. The maximum absolute atomic E-state index is 11.2. The van der Waals surface area contributed by atoms with E-state index in [1.807, 2.05) is 11.9 Å². The summed E-state index contributed by atoms with van der Waals surface area (Å²) in [5, 5.41) is 9.74. The van der Waals surface area contributed by atoms with Gasteiger partial charge in [0.25, 0.3) is 0 Å². The number of aromatic amines is 1. The molecule has 1 aliphatic rings. The summed E-state index contributed by atoms with van der Waals surface area (Å²) in [4.78, 5) is 22.8. The number of halogens is 1. The average Bonchev–Trinajstić information content (AvgIpc) is 2.78. The third-order valence-electron chi connectivity index (χ3n) is 3.94. The highest BCUT2D eigenvalue weighted by atomic mass is 35.5. The Labute approximate surface area is 130 Å². The summed E-state index contributed by atoms with van der Waals surface area (Å²) in [5.41, 5.74) is 0.886. The zero-order valence-electron chi connectivity index (χ0n) is 12.6. The minimum atomic E-state index is -0.776. The van der Waals surface area contributed by atoms with Gasteiger partial charge in [-0.15, -0.1) is 0 Å². The quantitative estimate of drug-likeness (QED) is 0.834. The van der Waals surface area contributed by atoms with E-state index in [2.05, 4.69) is 21.8 Å². The minimum absolute atomic E-state index is 0.458. The van der Waals surface area contributed by atoms with Crippen molar-refractivity contribution in [1.82, 2.24) is 19.8 Å². The molecular weight excluding hydrogens is 292 g/mol. The Kier molecular flexibility index (Phi) is 5.61. The Morgan fingerprint density at radius 1 is 1.52 bits per heavy atom. The van der Waals surface area contributed by atoms with E-state index in [1.165, 1.54) is 0 Å². The maximum Gasteiger partial charge on any atom is 0.322 e. The first-order chi connectivity index (χ1) is 10.0. The highest BCUT2D eigenvalue weighted by Gasteiger charge is 2.30. The van der Waals surface area contributed by atoms with Gasteiger partial charge in [0.2, 0.25) is 0 Å². The predicted molar refractivity (Wildman–Crippen MR) is 81.5 cm³/mol. The number of imidazole rings is 1. The van der Waals surface area contributed by atoms with Crippen LogP contribution in [0.5, 0.6) is 0 Å². The van der Waals surface area contributed by atoms with Gasteiger partial charge in [0.1, 0.15) is 11.9 Å². The number of carbonyl (C=O) groups is 1. The van der Waals surface area contributed by atoms with Gasteiger partial charge >= 0.3 is 5.97 Å². The van der Waals surface area contributed by atoms with Crippen LogP contribution in [0.25, 0.3) is 0 Å². The Morgan fingerprint density at radius 3 is 2.95 bits per heavy atom. The summed E-state index contributed by atoms with van der Waals surface area (Å²) in [6, 6.07) is -0.458. The highest BCUT2D eigenvalue weighted by Crippen LogP contribution is 2.18. The van der Waals surface area contributed by atoms with Gasteiger partial charge in [0.05, 0.1) is 5.69 Å². The number of likely N-dealkylation sites (N-methyl/N-ethyl adjacent to an activating group) is 1. The molecule has 0 spiro atoms. The van der Waals surface area contributed by atoms with Crippen molar-refractivity contribution in [2.45, 2.75) is 38.8 Å². The second-order valence-electron chi connectivity index (χ2n) is 5.63. The lowest BCUT2D eigenvalue weighted by atomic mass is 10.2.